The molecule has 0 unspecified atom stereocenters. The van der Waals surface area contributed by atoms with Crippen LogP contribution in [0.5, 0.6) is 5.75 Å². The molecule has 152 valence electrons. The Hall–Kier alpha value is -4.26. The molecule has 2 heterocycles. The van der Waals surface area contributed by atoms with Gasteiger partial charge in [-0.3, -0.25) is 4.79 Å². The summed E-state index contributed by atoms with van der Waals surface area (Å²) in [5.74, 6) is 1.11. The van der Waals surface area contributed by atoms with Gasteiger partial charge in [0.05, 0.1) is 12.8 Å². The number of aromatic nitrogens is 4. The molecular weight excluding hydrogens is 390 g/mol. The molecule has 0 fully saturated rings. The van der Waals surface area contributed by atoms with Gasteiger partial charge in [0.2, 0.25) is 0 Å². The van der Waals surface area contributed by atoms with Gasteiger partial charge in [-0.2, -0.15) is 9.61 Å². The van der Waals surface area contributed by atoms with Crippen LogP contribution >= 0.6 is 0 Å². The van der Waals surface area contributed by atoms with Crippen molar-refractivity contribution in [1.82, 2.24) is 19.8 Å². The van der Waals surface area contributed by atoms with Crippen molar-refractivity contribution in [2.75, 3.05) is 12.4 Å². The van der Waals surface area contributed by atoms with Crippen LogP contribution in [0.4, 0.5) is 5.69 Å². The van der Waals surface area contributed by atoms with Crippen molar-refractivity contribution in [3.05, 3.63) is 84.1 Å². The maximum Gasteiger partial charge on any atom is 0.255 e. The van der Waals surface area contributed by atoms with Crippen LogP contribution in [-0.4, -0.2) is 32.8 Å². The summed E-state index contributed by atoms with van der Waals surface area (Å²) >= 11 is 0. The van der Waals surface area contributed by atoms with E-state index in [9.17, 15) is 4.79 Å². The van der Waals surface area contributed by atoms with Crippen molar-refractivity contribution in [1.29, 1.82) is 0 Å². The van der Waals surface area contributed by atoms with E-state index in [-0.39, 0.29) is 5.91 Å². The van der Waals surface area contributed by atoms with Crippen LogP contribution in [0.3, 0.4) is 0 Å². The Morgan fingerprint density at radius 3 is 2.48 bits per heavy atom. The first-order chi connectivity index (χ1) is 15.1. The number of fused-ring (bicyclic) bond motifs is 3. The van der Waals surface area contributed by atoms with E-state index in [4.69, 9.17) is 4.74 Å². The molecule has 1 amide bonds. The molecule has 0 aliphatic rings. The maximum atomic E-state index is 12.6. The van der Waals surface area contributed by atoms with Gasteiger partial charge in [0.1, 0.15) is 5.75 Å². The molecule has 0 saturated heterocycles. The monoisotopic (exact) mass is 409 g/mol. The van der Waals surface area contributed by atoms with E-state index in [2.05, 4.69) is 20.6 Å². The van der Waals surface area contributed by atoms with Gasteiger partial charge in [0, 0.05) is 27.6 Å². The highest BCUT2D eigenvalue weighted by molar-refractivity contribution is 6.04. The number of aryl methyl sites for hydroxylation is 1. The average Bonchev–Trinajstić information content (AvgIpc) is 3.23. The minimum atomic E-state index is -0.203. The Bertz CT molecular complexity index is 1420. The molecule has 0 radical (unpaired) electrons. The number of rotatable bonds is 4. The molecule has 2 aromatic heterocycles. The summed E-state index contributed by atoms with van der Waals surface area (Å²) in [4.78, 5) is 12.6. The number of anilines is 1. The topological polar surface area (TPSA) is 81.4 Å². The highest BCUT2D eigenvalue weighted by atomic mass is 16.5. The summed E-state index contributed by atoms with van der Waals surface area (Å²) in [6.07, 6.45) is 0. The lowest BCUT2D eigenvalue weighted by atomic mass is 10.1. The smallest absolute Gasteiger partial charge is 0.255 e. The third kappa shape index (κ3) is 3.36. The first-order valence-electron chi connectivity index (χ1n) is 9.80. The van der Waals surface area contributed by atoms with Crippen molar-refractivity contribution in [2.45, 2.75) is 6.92 Å². The largest absolute Gasteiger partial charge is 0.497 e. The lowest BCUT2D eigenvalue weighted by Gasteiger charge is -2.08. The second-order valence-corrected chi connectivity index (χ2v) is 7.15. The molecule has 0 spiro atoms. The third-order valence-electron chi connectivity index (χ3n) is 5.18. The molecule has 5 aromatic rings. The first-order valence-corrected chi connectivity index (χ1v) is 9.80. The van der Waals surface area contributed by atoms with Crippen LogP contribution < -0.4 is 10.1 Å². The van der Waals surface area contributed by atoms with Crippen molar-refractivity contribution >= 4 is 28.0 Å². The highest BCUT2D eigenvalue weighted by Gasteiger charge is 2.14. The Kier molecular flexibility index (Phi) is 4.55. The number of methoxy groups -OCH3 is 1. The van der Waals surface area contributed by atoms with Gasteiger partial charge in [0.15, 0.2) is 11.5 Å². The van der Waals surface area contributed by atoms with E-state index in [1.807, 2.05) is 55.5 Å². The van der Waals surface area contributed by atoms with Crippen LogP contribution in [0.15, 0.2) is 72.8 Å². The summed E-state index contributed by atoms with van der Waals surface area (Å²) in [6.45, 7) is 1.97. The zero-order chi connectivity index (χ0) is 21.4. The number of nitrogens with zero attached hydrogens (tertiary/aromatic N) is 4. The first kappa shape index (κ1) is 18.7. The van der Waals surface area contributed by atoms with Crippen molar-refractivity contribution in [3.63, 3.8) is 0 Å². The number of amides is 1. The number of carbonyl (C=O) groups excluding carboxylic acids is 1. The van der Waals surface area contributed by atoms with Crippen molar-refractivity contribution in [3.8, 4) is 17.1 Å². The molecule has 0 aliphatic carbocycles. The number of ether oxygens (including phenoxy) is 1. The van der Waals surface area contributed by atoms with E-state index < -0.39 is 0 Å². The minimum absolute atomic E-state index is 0.203. The SMILES string of the molecule is COc1ccc(C(=O)Nc2cccc(-c3nnc4c5ccccc5c(C)nn34)c2)cc1. The lowest BCUT2D eigenvalue weighted by molar-refractivity contribution is 0.102. The fourth-order valence-electron chi connectivity index (χ4n) is 3.60. The summed E-state index contributed by atoms with van der Waals surface area (Å²) in [5.41, 5.74) is 3.61. The molecule has 31 heavy (non-hydrogen) atoms. The van der Waals surface area contributed by atoms with E-state index in [0.29, 0.717) is 28.5 Å². The van der Waals surface area contributed by atoms with E-state index in [1.54, 1.807) is 35.9 Å². The quantitative estimate of drug-likeness (QED) is 0.472. The zero-order valence-electron chi connectivity index (χ0n) is 17.0. The second kappa shape index (κ2) is 7.53. The molecule has 0 atom stereocenters. The molecule has 0 bridgehead atoms. The predicted octanol–water partition coefficient (Wildman–Crippen LogP) is 4.51. The molecule has 0 aliphatic heterocycles. The highest BCUT2D eigenvalue weighted by Crippen LogP contribution is 2.26. The van der Waals surface area contributed by atoms with Gasteiger partial charge in [-0.25, -0.2) is 0 Å². The summed E-state index contributed by atoms with van der Waals surface area (Å²) in [5, 5.41) is 18.4. The van der Waals surface area contributed by atoms with Gasteiger partial charge < -0.3 is 10.1 Å². The third-order valence-corrected chi connectivity index (χ3v) is 5.18. The fourth-order valence-corrected chi connectivity index (χ4v) is 3.60. The summed E-state index contributed by atoms with van der Waals surface area (Å²) in [7, 11) is 1.59. The van der Waals surface area contributed by atoms with E-state index >= 15 is 0 Å². The fraction of sp³-hybridized carbons (Fsp3) is 0.0833. The summed E-state index contributed by atoms with van der Waals surface area (Å²) < 4.78 is 6.89. The Labute approximate surface area is 178 Å². The molecular formula is C24H19N5O2. The predicted molar refractivity (Wildman–Crippen MR) is 119 cm³/mol. The standard InChI is InChI=1S/C24H19N5O2/c1-15-20-8-3-4-9-21(20)23-27-26-22(29(23)28-15)17-6-5-7-18(14-17)25-24(30)16-10-12-19(31-2)13-11-16/h3-14H,1-2H3,(H,25,30). The summed E-state index contributed by atoms with van der Waals surface area (Å²) in [6, 6.07) is 22.5. The second-order valence-electron chi connectivity index (χ2n) is 7.15. The van der Waals surface area contributed by atoms with Crippen LogP contribution in [-0.2, 0) is 0 Å². The van der Waals surface area contributed by atoms with Crippen LogP contribution in [0.1, 0.15) is 16.1 Å². The maximum absolute atomic E-state index is 12.6. The zero-order valence-corrected chi connectivity index (χ0v) is 17.0. The van der Waals surface area contributed by atoms with Crippen LogP contribution in [0.25, 0.3) is 27.8 Å². The number of nitrogens with one attached hydrogen (secondary N) is 1. The molecule has 0 saturated carbocycles. The molecule has 5 rings (SSSR count). The van der Waals surface area contributed by atoms with Crippen LogP contribution in [0.2, 0.25) is 0 Å². The van der Waals surface area contributed by atoms with Crippen molar-refractivity contribution in [2.24, 2.45) is 0 Å². The van der Waals surface area contributed by atoms with Gasteiger partial charge in [-0.1, -0.05) is 36.4 Å². The molecule has 7 nitrogen and oxygen atoms in total. The minimum Gasteiger partial charge on any atom is -0.497 e. The average molecular weight is 409 g/mol. The van der Waals surface area contributed by atoms with Gasteiger partial charge >= 0.3 is 0 Å². The van der Waals surface area contributed by atoms with Crippen LogP contribution in [0, 0.1) is 6.92 Å². The number of carbonyl (C=O) groups is 1. The van der Waals surface area contributed by atoms with E-state index in [1.165, 1.54) is 0 Å². The number of benzene rings is 3. The van der Waals surface area contributed by atoms with Gasteiger partial charge in [-0.05, 0) is 43.3 Å². The lowest BCUT2D eigenvalue weighted by Crippen LogP contribution is -2.11. The Balaban J connectivity index is 1.50. The normalized spacial score (nSPS) is 11.0. The van der Waals surface area contributed by atoms with Gasteiger partial charge in [0.25, 0.3) is 5.91 Å². The number of hydrogen-bond acceptors (Lipinski definition) is 5. The molecule has 3 aromatic carbocycles. The molecule has 1 N–H and O–H groups in total. The Morgan fingerprint density at radius 2 is 1.71 bits per heavy atom. The van der Waals surface area contributed by atoms with Crippen molar-refractivity contribution < 1.29 is 9.53 Å². The van der Waals surface area contributed by atoms with Gasteiger partial charge in [-0.15, -0.1) is 10.2 Å². The Morgan fingerprint density at radius 1 is 0.935 bits per heavy atom. The van der Waals surface area contributed by atoms with E-state index in [0.717, 1.165) is 22.0 Å². The number of hydrogen-bond donors (Lipinski definition) is 1. The molecule has 7 heteroatoms.